The van der Waals surface area contributed by atoms with Crippen LogP contribution in [0.1, 0.15) is 16.7 Å². The average molecular weight is 242 g/mol. The minimum Gasteiger partial charge on any atom is -0.469 e. The molecule has 1 aromatic carbocycles. The van der Waals surface area contributed by atoms with E-state index in [1.807, 2.05) is 6.07 Å². The largest absolute Gasteiger partial charge is 0.469 e. The first-order valence-electron chi connectivity index (χ1n) is 4.46. The number of esters is 1. The fraction of sp³-hybridized carbons (Fsp3) is 0.273. The Balaban J connectivity index is 3.21. The molecule has 1 rings (SSSR count). The lowest BCUT2D eigenvalue weighted by Crippen LogP contribution is -2.07. The molecule has 0 heterocycles. The van der Waals surface area contributed by atoms with Gasteiger partial charge < -0.3 is 4.74 Å². The zero-order valence-corrected chi connectivity index (χ0v) is 9.34. The molecule has 0 aromatic heterocycles. The van der Waals surface area contributed by atoms with Gasteiger partial charge >= 0.3 is 5.97 Å². The van der Waals surface area contributed by atoms with Gasteiger partial charge in [0.25, 0.3) is 0 Å². The van der Waals surface area contributed by atoms with Gasteiger partial charge in [-0.15, -0.1) is 11.6 Å². The smallest absolute Gasteiger partial charge is 0.310 e. The number of methoxy groups -OCH3 is 1. The molecule has 0 amide bonds. The van der Waals surface area contributed by atoms with E-state index in [-0.39, 0.29) is 17.9 Å². The van der Waals surface area contributed by atoms with Gasteiger partial charge in [0.1, 0.15) is 5.82 Å². The second-order valence-electron chi connectivity index (χ2n) is 3.10. The number of rotatable bonds is 3. The summed E-state index contributed by atoms with van der Waals surface area (Å²) in [6.45, 7) is 0. The summed E-state index contributed by atoms with van der Waals surface area (Å²) < 4.78 is 17.6. The van der Waals surface area contributed by atoms with Crippen LogP contribution in [-0.4, -0.2) is 13.1 Å². The highest BCUT2D eigenvalue weighted by atomic mass is 35.5. The Bertz CT molecular complexity index is 454. The van der Waals surface area contributed by atoms with Gasteiger partial charge in [-0.25, -0.2) is 4.39 Å². The van der Waals surface area contributed by atoms with Gasteiger partial charge in [-0.3, -0.25) is 4.79 Å². The number of nitriles is 1. The SMILES string of the molecule is COC(=O)Cc1cc(F)cc(CCl)c1C#N. The van der Waals surface area contributed by atoms with Crippen molar-refractivity contribution >= 4 is 17.6 Å². The molecule has 0 N–H and O–H groups in total. The van der Waals surface area contributed by atoms with Gasteiger partial charge in [0.15, 0.2) is 0 Å². The molecule has 0 aliphatic rings. The second kappa shape index (κ2) is 5.47. The highest BCUT2D eigenvalue weighted by molar-refractivity contribution is 6.17. The Morgan fingerprint density at radius 2 is 2.19 bits per heavy atom. The third-order valence-electron chi connectivity index (χ3n) is 2.08. The van der Waals surface area contributed by atoms with Crippen LogP contribution in [0, 0.1) is 17.1 Å². The van der Waals surface area contributed by atoms with Crippen molar-refractivity contribution in [3.63, 3.8) is 0 Å². The first-order valence-corrected chi connectivity index (χ1v) is 5.00. The minimum atomic E-state index is -0.525. The van der Waals surface area contributed by atoms with Crippen LogP contribution >= 0.6 is 11.6 Å². The molecule has 0 saturated carbocycles. The van der Waals surface area contributed by atoms with Gasteiger partial charge in [0, 0.05) is 5.88 Å². The molecule has 0 bridgehead atoms. The van der Waals surface area contributed by atoms with Crippen LogP contribution < -0.4 is 0 Å². The molecule has 16 heavy (non-hydrogen) atoms. The molecule has 0 aliphatic carbocycles. The zero-order chi connectivity index (χ0) is 12.1. The van der Waals surface area contributed by atoms with Crippen molar-refractivity contribution in [2.24, 2.45) is 0 Å². The molecule has 0 atom stereocenters. The van der Waals surface area contributed by atoms with E-state index in [0.717, 1.165) is 6.07 Å². The maximum Gasteiger partial charge on any atom is 0.310 e. The summed E-state index contributed by atoms with van der Waals surface area (Å²) in [7, 11) is 1.23. The third-order valence-corrected chi connectivity index (χ3v) is 2.37. The maximum atomic E-state index is 13.2. The normalized spacial score (nSPS) is 9.62. The Labute approximate surface area is 97.4 Å². The van der Waals surface area contributed by atoms with E-state index in [1.165, 1.54) is 13.2 Å². The van der Waals surface area contributed by atoms with Crippen molar-refractivity contribution in [2.45, 2.75) is 12.3 Å². The van der Waals surface area contributed by atoms with E-state index < -0.39 is 11.8 Å². The summed E-state index contributed by atoms with van der Waals surface area (Å²) in [6.07, 6.45) is -0.138. The lowest BCUT2D eigenvalue weighted by molar-refractivity contribution is -0.139. The van der Waals surface area contributed by atoms with E-state index in [1.54, 1.807) is 0 Å². The summed E-state index contributed by atoms with van der Waals surface area (Å²) in [6, 6.07) is 4.24. The fourth-order valence-corrected chi connectivity index (χ4v) is 1.55. The predicted octanol–water partition coefficient (Wildman–Crippen LogP) is 2.15. The van der Waals surface area contributed by atoms with Gasteiger partial charge in [-0.2, -0.15) is 5.26 Å². The standard InChI is InChI=1S/C11H9ClFNO2/c1-16-11(15)4-7-2-9(13)3-8(5-12)10(7)6-14/h2-3H,4-5H2,1H3. The molecular weight excluding hydrogens is 233 g/mol. The second-order valence-corrected chi connectivity index (χ2v) is 3.36. The molecule has 1 aromatic rings. The van der Waals surface area contributed by atoms with Crippen molar-refractivity contribution in [3.8, 4) is 6.07 Å². The Kier molecular flexibility index (Phi) is 4.27. The maximum absolute atomic E-state index is 13.2. The molecule has 0 radical (unpaired) electrons. The van der Waals surface area contributed by atoms with E-state index in [0.29, 0.717) is 11.1 Å². The number of nitrogens with zero attached hydrogens (tertiary/aromatic N) is 1. The molecule has 84 valence electrons. The number of ether oxygens (including phenoxy) is 1. The summed E-state index contributed by atoms with van der Waals surface area (Å²) >= 11 is 5.59. The molecule has 0 unspecified atom stereocenters. The van der Waals surface area contributed by atoms with E-state index >= 15 is 0 Å². The number of alkyl halides is 1. The van der Waals surface area contributed by atoms with Crippen molar-refractivity contribution in [1.29, 1.82) is 5.26 Å². The predicted molar refractivity (Wildman–Crippen MR) is 56.4 cm³/mol. The first kappa shape index (κ1) is 12.5. The fourth-order valence-electron chi connectivity index (χ4n) is 1.34. The zero-order valence-electron chi connectivity index (χ0n) is 8.59. The van der Waals surface area contributed by atoms with E-state index in [9.17, 15) is 9.18 Å². The molecule has 0 fully saturated rings. The van der Waals surface area contributed by atoms with Crippen LogP contribution in [0.2, 0.25) is 0 Å². The van der Waals surface area contributed by atoms with Crippen molar-refractivity contribution in [1.82, 2.24) is 0 Å². The monoisotopic (exact) mass is 241 g/mol. The van der Waals surface area contributed by atoms with Gasteiger partial charge in [0.05, 0.1) is 25.2 Å². The summed E-state index contributed by atoms with van der Waals surface area (Å²) in [5, 5.41) is 8.92. The van der Waals surface area contributed by atoms with Crippen LogP contribution in [0.5, 0.6) is 0 Å². The quantitative estimate of drug-likeness (QED) is 0.602. The molecule has 0 aliphatic heterocycles. The third kappa shape index (κ3) is 2.71. The van der Waals surface area contributed by atoms with E-state index in [4.69, 9.17) is 16.9 Å². The first-order chi connectivity index (χ1) is 7.62. The van der Waals surface area contributed by atoms with Crippen molar-refractivity contribution in [2.75, 3.05) is 7.11 Å². The topological polar surface area (TPSA) is 50.1 Å². The lowest BCUT2D eigenvalue weighted by Gasteiger charge is -2.07. The van der Waals surface area contributed by atoms with Crippen LogP contribution in [0.25, 0.3) is 0 Å². The van der Waals surface area contributed by atoms with Crippen molar-refractivity contribution < 1.29 is 13.9 Å². The van der Waals surface area contributed by atoms with Crippen LogP contribution in [0.15, 0.2) is 12.1 Å². The molecule has 0 spiro atoms. The molecular formula is C11H9ClFNO2. The summed E-state index contributed by atoms with van der Waals surface area (Å²) in [5.41, 5.74) is 0.912. The van der Waals surface area contributed by atoms with Gasteiger partial charge in [-0.1, -0.05) is 0 Å². The van der Waals surface area contributed by atoms with Crippen LogP contribution in [0.3, 0.4) is 0 Å². The van der Waals surface area contributed by atoms with Gasteiger partial charge in [-0.05, 0) is 23.3 Å². The molecule has 3 nitrogen and oxygen atoms in total. The minimum absolute atomic E-state index is 0.0226. The number of hydrogen-bond acceptors (Lipinski definition) is 3. The lowest BCUT2D eigenvalue weighted by atomic mass is 10.0. The summed E-state index contributed by atoms with van der Waals surface area (Å²) in [5.74, 6) is -1.02. The Hall–Kier alpha value is -1.60. The summed E-state index contributed by atoms with van der Waals surface area (Å²) in [4.78, 5) is 11.1. The van der Waals surface area contributed by atoms with Crippen LogP contribution in [-0.2, 0) is 21.8 Å². The number of carbonyl (C=O) groups is 1. The number of carbonyl (C=O) groups excluding carboxylic acids is 1. The van der Waals surface area contributed by atoms with Gasteiger partial charge in [0.2, 0.25) is 0 Å². The van der Waals surface area contributed by atoms with E-state index in [2.05, 4.69) is 4.74 Å². The molecule has 0 saturated heterocycles. The average Bonchev–Trinajstić information content (AvgIpc) is 2.28. The highest BCUT2D eigenvalue weighted by Crippen LogP contribution is 2.19. The van der Waals surface area contributed by atoms with Crippen molar-refractivity contribution in [3.05, 3.63) is 34.6 Å². The molecule has 5 heteroatoms. The number of hydrogen-bond donors (Lipinski definition) is 0. The van der Waals surface area contributed by atoms with Crippen LogP contribution in [0.4, 0.5) is 4.39 Å². The Morgan fingerprint density at radius 1 is 1.56 bits per heavy atom. The number of benzene rings is 1. The Morgan fingerprint density at radius 3 is 2.69 bits per heavy atom. The number of halogens is 2. The highest BCUT2D eigenvalue weighted by Gasteiger charge is 2.13.